The summed E-state index contributed by atoms with van der Waals surface area (Å²) in [5.41, 5.74) is 1.34. The van der Waals surface area contributed by atoms with Crippen LogP contribution in [0.15, 0.2) is 24.3 Å². The van der Waals surface area contributed by atoms with Crippen molar-refractivity contribution in [1.29, 1.82) is 0 Å². The zero-order valence-electron chi connectivity index (χ0n) is 17.8. The number of amides is 1. The number of H-pyrrole nitrogens is 1. The van der Waals surface area contributed by atoms with Crippen molar-refractivity contribution in [3.8, 4) is 5.75 Å². The quantitative estimate of drug-likeness (QED) is 0.799. The van der Waals surface area contributed by atoms with Crippen molar-refractivity contribution in [2.75, 3.05) is 20.2 Å². The number of rotatable bonds is 6. The number of carbonyl (C=O) groups is 1. The monoisotopic (exact) mass is 396 g/mol. The smallest absolute Gasteiger partial charge is 0.222 e. The molecule has 1 spiro atoms. The van der Waals surface area contributed by atoms with Crippen molar-refractivity contribution < 1.29 is 9.53 Å². The average molecular weight is 397 g/mol. The number of nitrogens with zero attached hydrogens (tertiary/aromatic N) is 3. The van der Waals surface area contributed by atoms with E-state index in [1.165, 1.54) is 31.2 Å². The molecule has 1 unspecified atom stereocenters. The maximum Gasteiger partial charge on any atom is 0.222 e. The summed E-state index contributed by atoms with van der Waals surface area (Å²) < 4.78 is 5.21. The summed E-state index contributed by atoms with van der Waals surface area (Å²) in [5, 5.41) is 7.62. The minimum atomic E-state index is 0.170. The second kappa shape index (κ2) is 8.17. The predicted molar refractivity (Wildman–Crippen MR) is 112 cm³/mol. The molecule has 2 aliphatic rings. The third-order valence-electron chi connectivity index (χ3n) is 6.75. The van der Waals surface area contributed by atoms with Crippen LogP contribution in [0.3, 0.4) is 0 Å². The fourth-order valence-corrected chi connectivity index (χ4v) is 5.02. The third-order valence-corrected chi connectivity index (χ3v) is 6.75. The molecule has 0 bridgehead atoms. The van der Waals surface area contributed by atoms with Crippen molar-refractivity contribution in [1.82, 2.24) is 20.1 Å². The Kier molecular flexibility index (Phi) is 5.61. The lowest BCUT2D eigenvalue weighted by Crippen LogP contribution is -2.31. The predicted octanol–water partition coefficient (Wildman–Crippen LogP) is 4.06. The number of hydrogen-bond acceptors (Lipinski definition) is 4. The number of benzene rings is 1. The van der Waals surface area contributed by atoms with Gasteiger partial charge in [-0.2, -0.15) is 5.10 Å². The van der Waals surface area contributed by atoms with Crippen molar-refractivity contribution in [2.45, 2.75) is 64.2 Å². The summed E-state index contributed by atoms with van der Waals surface area (Å²) in [7, 11) is 1.67. The van der Waals surface area contributed by atoms with E-state index in [0.29, 0.717) is 12.3 Å². The normalized spacial score (nSPS) is 20.7. The second-order valence-electron chi connectivity index (χ2n) is 8.98. The highest BCUT2D eigenvalue weighted by molar-refractivity contribution is 5.77. The van der Waals surface area contributed by atoms with E-state index < -0.39 is 0 Å². The van der Waals surface area contributed by atoms with Crippen LogP contribution in [0.4, 0.5) is 0 Å². The summed E-state index contributed by atoms with van der Waals surface area (Å²) in [6, 6.07) is 7.99. The minimum Gasteiger partial charge on any atom is -0.497 e. The molecule has 1 saturated heterocycles. The number of likely N-dealkylation sites (tertiary alicyclic amines) is 1. The van der Waals surface area contributed by atoms with E-state index in [4.69, 9.17) is 9.72 Å². The van der Waals surface area contributed by atoms with Gasteiger partial charge in [0.25, 0.3) is 0 Å². The Morgan fingerprint density at radius 1 is 1.28 bits per heavy atom. The van der Waals surface area contributed by atoms with Gasteiger partial charge in [-0.25, -0.2) is 4.98 Å². The molecule has 2 aromatic rings. The fraction of sp³-hybridized carbons (Fsp3) is 0.609. The number of aromatic amines is 1. The van der Waals surface area contributed by atoms with E-state index in [1.807, 2.05) is 24.3 Å². The number of carbonyl (C=O) groups excluding carboxylic acids is 1. The lowest BCUT2D eigenvalue weighted by atomic mass is 9.76. The van der Waals surface area contributed by atoms with Gasteiger partial charge < -0.3 is 9.64 Å². The molecule has 6 heteroatoms. The molecule has 1 amide bonds. The number of hydrogen-bond donors (Lipinski definition) is 1. The standard InChI is InChI=1S/C23H32N4O2/c1-16(2)21-24-22(26-25-21)19-14-27(15-23(19)12-4-5-13-23)20(28)11-8-17-6-9-18(29-3)10-7-17/h6-7,9-10,16,19H,4-5,8,11-15H2,1-3H3,(H,24,25,26). The van der Waals surface area contributed by atoms with Crippen LogP contribution in [-0.2, 0) is 11.2 Å². The number of ether oxygens (including phenoxy) is 1. The molecule has 1 aliphatic heterocycles. The summed E-state index contributed by atoms with van der Waals surface area (Å²) in [6.07, 6.45) is 6.15. The molecular formula is C23H32N4O2. The van der Waals surface area contributed by atoms with Gasteiger partial charge >= 0.3 is 0 Å². The van der Waals surface area contributed by atoms with Gasteiger partial charge in [-0.1, -0.05) is 38.8 Å². The van der Waals surface area contributed by atoms with E-state index in [9.17, 15) is 4.79 Å². The van der Waals surface area contributed by atoms with Crippen LogP contribution in [0, 0.1) is 5.41 Å². The van der Waals surface area contributed by atoms with Gasteiger partial charge in [-0.3, -0.25) is 9.89 Å². The molecule has 2 heterocycles. The molecule has 1 atom stereocenters. The summed E-state index contributed by atoms with van der Waals surface area (Å²) in [5.74, 6) is 3.52. The highest BCUT2D eigenvalue weighted by Crippen LogP contribution is 2.52. The van der Waals surface area contributed by atoms with Crippen molar-refractivity contribution in [3.63, 3.8) is 0 Å². The Balaban J connectivity index is 1.44. The molecule has 2 fully saturated rings. The molecule has 6 nitrogen and oxygen atoms in total. The van der Waals surface area contributed by atoms with Crippen LogP contribution in [0.2, 0.25) is 0 Å². The molecule has 1 saturated carbocycles. The van der Waals surface area contributed by atoms with Crippen LogP contribution in [0.5, 0.6) is 5.75 Å². The molecule has 1 aromatic heterocycles. The first kappa shape index (κ1) is 19.9. The van der Waals surface area contributed by atoms with Crippen LogP contribution in [0.25, 0.3) is 0 Å². The Labute approximate surface area is 173 Å². The van der Waals surface area contributed by atoms with Crippen LogP contribution >= 0.6 is 0 Å². The number of methoxy groups -OCH3 is 1. The molecule has 1 N–H and O–H groups in total. The van der Waals surface area contributed by atoms with E-state index in [2.05, 4.69) is 28.9 Å². The first-order valence-electron chi connectivity index (χ1n) is 10.8. The number of nitrogens with one attached hydrogen (secondary N) is 1. The maximum atomic E-state index is 13.0. The lowest BCUT2D eigenvalue weighted by Gasteiger charge is -2.28. The van der Waals surface area contributed by atoms with Gasteiger partial charge in [0, 0.05) is 31.3 Å². The highest BCUT2D eigenvalue weighted by Gasteiger charge is 2.51. The molecule has 29 heavy (non-hydrogen) atoms. The van der Waals surface area contributed by atoms with Gasteiger partial charge in [0.1, 0.15) is 11.6 Å². The Hall–Kier alpha value is -2.37. The highest BCUT2D eigenvalue weighted by atomic mass is 16.5. The van der Waals surface area contributed by atoms with Crippen LogP contribution in [-0.4, -0.2) is 46.2 Å². The molecule has 0 radical (unpaired) electrons. The van der Waals surface area contributed by atoms with E-state index in [0.717, 1.165) is 36.9 Å². The fourth-order valence-electron chi connectivity index (χ4n) is 5.02. The van der Waals surface area contributed by atoms with E-state index >= 15 is 0 Å². The first-order chi connectivity index (χ1) is 14.0. The van der Waals surface area contributed by atoms with Gasteiger partial charge in [-0.15, -0.1) is 0 Å². The molecule has 156 valence electrons. The number of aryl methyl sites for hydroxylation is 1. The van der Waals surface area contributed by atoms with Crippen LogP contribution < -0.4 is 4.74 Å². The van der Waals surface area contributed by atoms with E-state index in [-0.39, 0.29) is 17.2 Å². The topological polar surface area (TPSA) is 71.1 Å². The van der Waals surface area contributed by atoms with Crippen molar-refractivity contribution in [3.05, 3.63) is 41.5 Å². The Morgan fingerprint density at radius 2 is 2.00 bits per heavy atom. The zero-order valence-corrected chi connectivity index (χ0v) is 17.8. The first-order valence-corrected chi connectivity index (χ1v) is 10.8. The average Bonchev–Trinajstić information content (AvgIpc) is 3.47. The molecule has 1 aliphatic carbocycles. The molecule has 1 aromatic carbocycles. The van der Waals surface area contributed by atoms with Gasteiger partial charge in [0.15, 0.2) is 5.82 Å². The largest absolute Gasteiger partial charge is 0.497 e. The summed E-state index contributed by atoms with van der Waals surface area (Å²) >= 11 is 0. The molecular weight excluding hydrogens is 364 g/mol. The summed E-state index contributed by atoms with van der Waals surface area (Å²) in [4.78, 5) is 19.9. The third kappa shape index (κ3) is 4.02. The Morgan fingerprint density at radius 3 is 2.62 bits per heavy atom. The van der Waals surface area contributed by atoms with Gasteiger partial charge in [0.2, 0.25) is 5.91 Å². The number of aromatic nitrogens is 3. The molecule has 4 rings (SSSR count). The lowest BCUT2D eigenvalue weighted by molar-refractivity contribution is -0.130. The Bertz CT molecular complexity index is 837. The second-order valence-corrected chi connectivity index (χ2v) is 8.98. The van der Waals surface area contributed by atoms with Crippen LogP contribution in [0.1, 0.15) is 75.0 Å². The van der Waals surface area contributed by atoms with Gasteiger partial charge in [-0.05, 0) is 42.4 Å². The summed E-state index contributed by atoms with van der Waals surface area (Å²) in [6.45, 7) is 5.84. The zero-order chi connectivity index (χ0) is 20.4. The van der Waals surface area contributed by atoms with Gasteiger partial charge in [0.05, 0.1) is 7.11 Å². The minimum absolute atomic E-state index is 0.170. The van der Waals surface area contributed by atoms with E-state index in [1.54, 1.807) is 7.11 Å². The maximum absolute atomic E-state index is 13.0. The SMILES string of the molecule is COc1ccc(CCC(=O)N2CC(c3nc(C(C)C)n[nH]3)C3(CCCC3)C2)cc1. The van der Waals surface area contributed by atoms with Crippen molar-refractivity contribution in [2.24, 2.45) is 5.41 Å². The van der Waals surface area contributed by atoms with Crippen molar-refractivity contribution >= 4 is 5.91 Å².